The number of aryl methyl sites for hydroxylation is 2. The van der Waals surface area contributed by atoms with Gasteiger partial charge in [-0.15, -0.1) is 0 Å². The van der Waals surface area contributed by atoms with Crippen molar-refractivity contribution in [2.45, 2.75) is 33.4 Å². The number of anilines is 1. The fourth-order valence-corrected chi connectivity index (χ4v) is 2.63. The number of aromatic nitrogens is 1. The number of amides is 1. The lowest BCUT2D eigenvalue weighted by Gasteiger charge is -2.20. The SMILES string of the molecule is Cc1ccc(N2Cc3ccc(C)n3CCC2=O)cc1. The minimum Gasteiger partial charge on any atom is -0.347 e. The molecular formula is C16H18N2O. The molecule has 3 rings (SSSR count). The normalized spacial score (nSPS) is 15.3. The molecule has 0 saturated heterocycles. The van der Waals surface area contributed by atoms with E-state index in [4.69, 9.17) is 0 Å². The number of carbonyl (C=O) groups is 1. The second kappa shape index (κ2) is 4.57. The zero-order valence-corrected chi connectivity index (χ0v) is 11.4. The number of nitrogens with zero attached hydrogens (tertiary/aromatic N) is 2. The van der Waals surface area contributed by atoms with E-state index in [1.807, 2.05) is 17.0 Å². The fraction of sp³-hybridized carbons (Fsp3) is 0.312. The Kier molecular flexibility index (Phi) is 2.90. The van der Waals surface area contributed by atoms with Crippen LogP contribution in [-0.2, 0) is 17.9 Å². The fourth-order valence-electron chi connectivity index (χ4n) is 2.63. The first-order valence-corrected chi connectivity index (χ1v) is 6.67. The van der Waals surface area contributed by atoms with E-state index in [1.165, 1.54) is 17.0 Å². The van der Waals surface area contributed by atoms with Crippen molar-refractivity contribution in [1.82, 2.24) is 4.57 Å². The zero-order valence-electron chi connectivity index (χ0n) is 11.4. The minimum absolute atomic E-state index is 0.201. The van der Waals surface area contributed by atoms with Crippen LogP contribution in [0.2, 0.25) is 0 Å². The Labute approximate surface area is 113 Å². The van der Waals surface area contributed by atoms with Gasteiger partial charge in [-0.05, 0) is 38.1 Å². The quantitative estimate of drug-likeness (QED) is 0.768. The van der Waals surface area contributed by atoms with Crippen molar-refractivity contribution in [3.8, 4) is 0 Å². The van der Waals surface area contributed by atoms with Crippen molar-refractivity contribution in [3.63, 3.8) is 0 Å². The summed E-state index contributed by atoms with van der Waals surface area (Å²) in [6.07, 6.45) is 0.566. The van der Waals surface area contributed by atoms with Gasteiger partial charge in [0.2, 0.25) is 5.91 Å². The highest BCUT2D eigenvalue weighted by atomic mass is 16.2. The number of benzene rings is 1. The van der Waals surface area contributed by atoms with Crippen LogP contribution in [0.25, 0.3) is 0 Å². The maximum Gasteiger partial charge on any atom is 0.229 e. The second-order valence-electron chi connectivity index (χ2n) is 5.18. The number of carbonyl (C=O) groups excluding carboxylic acids is 1. The van der Waals surface area contributed by atoms with Crippen molar-refractivity contribution < 1.29 is 4.79 Å². The Hall–Kier alpha value is -2.03. The lowest BCUT2D eigenvalue weighted by Crippen LogP contribution is -2.28. The van der Waals surface area contributed by atoms with Gasteiger partial charge in [-0.25, -0.2) is 0 Å². The highest BCUT2D eigenvalue weighted by molar-refractivity contribution is 5.93. The largest absolute Gasteiger partial charge is 0.347 e. The average Bonchev–Trinajstić information content (AvgIpc) is 2.65. The highest BCUT2D eigenvalue weighted by Gasteiger charge is 2.22. The second-order valence-corrected chi connectivity index (χ2v) is 5.18. The summed E-state index contributed by atoms with van der Waals surface area (Å²) in [6.45, 7) is 5.60. The van der Waals surface area contributed by atoms with E-state index in [0.29, 0.717) is 13.0 Å². The molecule has 0 bridgehead atoms. The summed E-state index contributed by atoms with van der Waals surface area (Å²) in [5.41, 5.74) is 4.64. The van der Waals surface area contributed by atoms with E-state index in [-0.39, 0.29) is 5.91 Å². The molecule has 3 nitrogen and oxygen atoms in total. The summed E-state index contributed by atoms with van der Waals surface area (Å²) in [5, 5.41) is 0. The molecule has 19 heavy (non-hydrogen) atoms. The van der Waals surface area contributed by atoms with Gasteiger partial charge in [0.05, 0.1) is 6.54 Å². The van der Waals surface area contributed by atoms with Gasteiger partial charge in [-0.3, -0.25) is 4.79 Å². The van der Waals surface area contributed by atoms with Crippen molar-refractivity contribution in [1.29, 1.82) is 0 Å². The lowest BCUT2D eigenvalue weighted by molar-refractivity contribution is -0.118. The Bertz CT molecular complexity index is 610. The first-order valence-electron chi connectivity index (χ1n) is 6.67. The summed E-state index contributed by atoms with van der Waals surface area (Å²) in [5.74, 6) is 0.201. The summed E-state index contributed by atoms with van der Waals surface area (Å²) >= 11 is 0. The van der Waals surface area contributed by atoms with Crippen LogP contribution in [0.3, 0.4) is 0 Å². The number of fused-ring (bicyclic) bond motifs is 1. The van der Waals surface area contributed by atoms with Gasteiger partial charge in [0, 0.05) is 30.0 Å². The number of hydrogen-bond acceptors (Lipinski definition) is 1. The van der Waals surface area contributed by atoms with Crippen LogP contribution in [0.4, 0.5) is 5.69 Å². The maximum absolute atomic E-state index is 12.3. The Morgan fingerprint density at radius 3 is 2.47 bits per heavy atom. The van der Waals surface area contributed by atoms with Gasteiger partial charge in [-0.2, -0.15) is 0 Å². The summed E-state index contributed by atoms with van der Waals surface area (Å²) in [4.78, 5) is 14.2. The molecule has 0 aliphatic carbocycles. The van der Waals surface area contributed by atoms with E-state index in [1.54, 1.807) is 0 Å². The smallest absolute Gasteiger partial charge is 0.229 e. The average molecular weight is 254 g/mol. The molecule has 0 fully saturated rings. The van der Waals surface area contributed by atoms with Crippen molar-refractivity contribution in [2.24, 2.45) is 0 Å². The monoisotopic (exact) mass is 254 g/mol. The summed E-state index contributed by atoms with van der Waals surface area (Å²) in [6, 6.07) is 12.4. The maximum atomic E-state index is 12.3. The lowest BCUT2D eigenvalue weighted by atomic mass is 10.2. The van der Waals surface area contributed by atoms with Crippen LogP contribution >= 0.6 is 0 Å². The van der Waals surface area contributed by atoms with Gasteiger partial charge in [0.25, 0.3) is 0 Å². The van der Waals surface area contributed by atoms with Crippen LogP contribution in [-0.4, -0.2) is 10.5 Å². The molecule has 1 amide bonds. The van der Waals surface area contributed by atoms with E-state index in [2.05, 4.69) is 42.7 Å². The van der Waals surface area contributed by atoms with Gasteiger partial charge in [-0.1, -0.05) is 17.7 Å². The molecule has 2 aromatic rings. The van der Waals surface area contributed by atoms with Crippen LogP contribution in [0.1, 0.15) is 23.4 Å². The topological polar surface area (TPSA) is 25.2 Å². The standard InChI is InChI=1S/C16H18N2O/c1-12-3-6-14(7-4-12)18-11-15-8-5-13(2)17(15)10-9-16(18)19/h3-8H,9-11H2,1-2H3. The molecule has 0 atom stereocenters. The van der Waals surface area contributed by atoms with E-state index >= 15 is 0 Å². The van der Waals surface area contributed by atoms with Crippen molar-refractivity contribution in [3.05, 3.63) is 53.3 Å². The van der Waals surface area contributed by atoms with Crippen LogP contribution < -0.4 is 4.90 Å². The van der Waals surface area contributed by atoms with Crippen molar-refractivity contribution in [2.75, 3.05) is 4.90 Å². The van der Waals surface area contributed by atoms with Crippen LogP contribution in [0, 0.1) is 13.8 Å². The predicted molar refractivity (Wildman–Crippen MR) is 76.2 cm³/mol. The molecule has 1 aromatic carbocycles. The van der Waals surface area contributed by atoms with Gasteiger partial charge in [0.15, 0.2) is 0 Å². The third-order valence-electron chi connectivity index (χ3n) is 3.81. The van der Waals surface area contributed by atoms with Gasteiger partial charge in [0.1, 0.15) is 0 Å². The molecule has 0 saturated carbocycles. The summed E-state index contributed by atoms with van der Waals surface area (Å²) < 4.78 is 2.24. The first kappa shape index (κ1) is 12.0. The molecule has 2 heterocycles. The number of rotatable bonds is 1. The molecule has 0 spiro atoms. The molecule has 98 valence electrons. The van der Waals surface area contributed by atoms with Crippen LogP contribution in [0.15, 0.2) is 36.4 Å². The zero-order chi connectivity index (χ0) is 13.4. The van der Waals surface area contributed by atoms with Gasteiger partial charge < -0.3 is 9.47 Å². The molecular weight excluding hydrogens is 236 g/mol. The minimum atomic E-state index is 0.201. The molecule has 0 radical (unpaired) electrons. The third kappa shape index (κ3) is 2.16. The molecule has 1 aliphatic rings. The predicted octanol–water partition coefficient (Wildman–Crippen LogP) is 3.04. The molecule has 3 heteroatoms. The number of hydrogen-bond donors (Lipinski definition) is 0. The van der Waals surface area contributed by atoms with E-state index < -0.39 is 0 Å². The Morgan fingerprint density at radius 1 is 1.00 bits per heavy atom. The van der Waals surface area contributed by atoms with Gasteiger partial charge >= 0.3 is 0 Å². The first-order chi connectivity index (χ1) is 9.15. The summed E-state index contributed by atoms with van der Waals surface area (Å²) in [7, 11) is 0. The third-order valence-corrected chi connectivity index (χ3v) is 3.81. The Morgan fingerprint density at radius 2 is 1.74 bits per heavy atom. The van der Waals surface area contributed by atoms with Crippen LogP contribution in [0.5, 0.6) is 0 Å². The van der Waals surface area contributed by atoms with E-state index in [0.717, 1.165) is 12.2 Å². The highest BCUT2D eigenvalue weighted by Crippen LogP contribution is 2.23. The molecule has 0 unspecified atom stereocenters. The molecule has 1 aliphatic heterocycles. The van der Waals surface area contributed by atoms with Crippen molar-refractivity contribution >= 4 is 11.6 Å². The Balaban J connectivity index is 1.97. The molecule has 0 N–H and O–H groups in total. The van der Waals surface area contributed by atoms with E-state index in [9.17, 15) is 4.79 Å². The molecule has 1 aromatic heterocycles.